The fourth-order valence-electron chi connectivity index (χ4n) is 8.21. The summed E-state index contributed by atoms with van der Waals surface area (Å²) >= 11 is 0. The van der Waals surface area contributed by atoms with Crippen LogP contribution in [-0.2, 0) is 0 Å². The van der Waals surface area contributed by atoms with Crippen molar-refractivity contribution in [1.82, 2.24) is 0 Å². The van der Waals surface area contributed by atoms with Crippen LogP contribution in [0.15, 0.2) is 97.1 Å². The highest BCUT2D eigenvalue weighted by Crippen LogP contribution is 2.36. The lowest BCUT2D eigenvalue weighted by Gasteiger charge is -2.23. The van der Waals surface area contributed by atoms with Crippen molar-refractivity contribution in [2.24, 2.45) is 0 Å². The molecule has 0 aliphatic carbocycles. The van der Waals surface area contributed by atoms with Crippen LogP contribution in [-0.4, -0.2) is 0 Å². The highest BCUT2D eigenvalue weighted by atomic mass is 14.5. The molecule has 2 unspecified atom stereocenters. The Labute approximate surface area is 319 Å². The van der Waals surface area contributed by atoms with E-state index in [2.05, 4.69) is 118 Å². The zero-order chi connectivity index (χ0) is 36.8. The Bertz CT molecular complexity index is 1360. The molecule has 2 atom stereocenters. The minimum Gasteiger partial charge on any atom is -0.399 e. The smallest absolute Gasteiger partial charge is 0.0314 e. The second kappa shape index (κ2) is 23.9. The van der Waals surface area contributed by atoms with E-state index in [9.17, 15) is 0 Å². The number of benzene rings is 4. The molecule has 2 heteroatoms. The van der Waals surface area contributed by atoms with Crippen molar-refractivity contribution in [3.8, 4) is 0 Å². The van der Waals surface area contributed by atoms with Crippen LogP contribution in [0.2, 0.25) is 0 Å². The molecule has 0 aliphatic rings. The molecule has 4 N–H and O–H groups in total. The van der Waals surface area contributed by atoms with E-state index in [1.807, 2.05) is 0 Å². The molecule has 0 aromatic heterocycles. The minimum atomic E-state index is 0.401. The first-order chi connectivity index (χ1) is 25.5. The summed E-state index contributed by atoms with van der Waals surface area (Å²) in [5.41, 5.74) is 22.3. The quantitative estimate of drug-likeness (QED) is 0.0506. The molecule has 0 spiro atoms. The summed E-state index contributed by atoms with van der Waals surface area (Å²) in [5, 5.41) is 0. The molecule has 0 saturated heterocycles. The van der Waals surface area contributed by atoms with Crippen LogP contribution in [0.3, 0.4) is 0 Å². The summed E-state index contributed by atoms with van der Waals surface area (Å²) in [5.74, 6) is 1.22. The fraction of sp³-hybridized carbons (Fsp3) is 0.520. The molecule has 2 nitrogen and oxygen atoms in total. The van der Waals surface area contributed by atoms with Crippen LogP contribution < -0.4 is 11.5 Å². The third-order valence-electron chi connectivity index (χ3n) is 11.4. The Hall–Kier alpha value is -3.52. The highest BCUT2D eigenvalue weighted by Gasteiger charge is 2.19. The van der Waals surface area contributed by atoms with E-state index in [-0.39, 0.29) is 0 Å². The summed E-state index contributed by atoms with van der Waals surface area (Å²) in [6, 6.07) is 36.6. The van der Waals surface area contributed by atoms with Gasteiger partial charge in [0, 0.05) is 29.1 Å². The molecular formula is C50H72N2. The van der Waals surface area contributed by atoms with Crippen molar-refractivity contribution < 1.29 is 0 Å². The maximum atomic E-state index is 6.10. The monoisotopic (exact) mass is 701 g/mol. The number of hydrogen-bond donors (Lipinski definition) is 2. The Morgan fingerprint density at radius 2 is 0.519 bits per heavy atom. The summed E-state index contributed by atoms with van der Waals surface area (Å²) in [4.78, 5) is 0. The van der Waals surface area contributed by atoms with E-state index < -0.39 is 0 Å². The van der Waals surface area contributed by atoms with Gasteiger partial charge in [0.2, 0.25) is 0 Å². The van der Waals surface area contributed by atoms with Gasteiger partial charge in [-0.05, 0) is 76.9 Å². The second-order valence-electron chi connectivity index (χ2n) is 15.6. The van der Waals surface area contributed by atoms with Crippen LogP contribution in [0.1, 0.15) is 200 Å². The van der Waals surface area contributed by atoms with Crippen molar-refractivity contribution in [3.05, 3.63) is 130 Å². The maximum absolute atomic E-state index is 6.10. The summed E-state index contributed by atoms with van der Waals surface area (Å²) < 4.78 is 0. The standard InChI is InChI=1S/C50H72N2/c1-4-7-9-11-13-15-17-19-22-49(44-32-36-46(51)37-33-44)42-28-24-40(25-29-42)48(21-6-3)41-26-30-43(31-27-41)50(45-34-38-47(52)39-35-45)23-20-18-16-14-12-10-8-5-2/h24-39,48-50H,4-23,51-52H2,1-3H3. The van der Waals surface area contributed by atoms with E-state index >= 15 is 0 Å². The van der Waals surface area contributed by atoms with Gasteiger partial charge in [-0.3, -0.25) is 0 Å². The van der Waals surface area contributed by atoms with Gasteiger partial charge < -0.3 is 11.5 Å². The van der Waals surface area contributed by atoms with Gasteiger partial charge in [0.1, 0.15) is 0 Å². The minimum absolute atomic E-state index is 0.401. The summed E-state index contributed by atoms with van der Waals surface area (Å²) in [6.45, 7) is 6.91. The van der Waals surface area contributed by atoms with Crippen molar-refractivity contribution in [2.45, 2.75) is 167 Å². The first-order valence-corrected chi connectivity index (χ1v) is 21.4. The maximum Gasteiger partial charge on any atom is 0.0314 e. The van der Waals surface area contributed by atoms with E-state index in [0.717, 1.165) is 24.2 Å². The third-order valence-corrected chi connectivity index (χ3v) is 11.4. The molecule has 4 aromatic carbocycles. The first-order valence-electron chi connectivity index (χ1n) is 21.4. The van der Waals surface area contributed by atoms with Crippen LogP contribution >= 0.6 is 0 Å². The molecule has 0 heterocycles. The van der Waals surface area contributed by atoms with Crippen molar-refractivity contribution >= 4 is 11.4 Å². The SMILES string of the molecule is CCCCCCCCCCC(c1ccc(N)cc1)c1ccc(C(CCC)c2ccc(C(CCCCCCCCCC)c3ccc(N)cc3)cc2)cc1. The van der Waals surface area contributed by atoms with Gasteiger partial charge in [0.05, 0.1) is 0 Å². The van der Waals surface area contributed by atoms with E-state index in [1.165, 1.54) is 149 Å². The molecule has 0 radical (unpaired) electrons. The number of rotatable bonds is 26. The molecule has 52 heavy (non-hydrogen) atoms. The lowest BCUT2D eigenvalue weighted by atomic mass is 9.82. The normalized spacial score (nSPS) is 13.2. The van der Waals surface area contributed by atoms with Gasteiger partial charge in [0.25, 0.3) is 0 Å². The second-order valence-corrected chi connectivity index (χ2v) is 15.6. The number of unbranched alkanes of at least 4 members (excludes halogenated alkanes) is 14. The van der Waals surface area contributed by atoms with Crippen LogP contribution in [0.25, 0.3) is 0 Å². The van der Waals surface area contributed by atoms with Crippen LogP contribution in [0.4, 0.5) is 11.4 Å². The van der Waals surface area contributed by atoms with E-state index in [1.54, 1.807) is 0 Å². The number of anilines is 2. The Morgan fingerprint density at radius 1 is 0.288 bits per heavy atom. The molecule has 0 fully saturated rings. The van der Waals surface area contributed by atoms with Crippen molar-refractivity contribution in [1.29, 1.82) is 0 Å². The first kappa shape index (κ1) is 41.2. The molecule has 4 aromatic rings. The van der Waals surface area contributed by atoms with Gasteiger partial charge in [0.15, 0.2) is 0 Å². The molecule has 282 valence electrons. The Kier molecular flexibility index (Phi) is 19.0. The van der Waals surface area contributed by atoms with Gasteiger partial charge in [-0.1, -0.05) is 203 Å². The zero-order valence-electron chi connectivity index (χ0n) is 33.3. The average molecular weight is 701 g/mol. The molecule has 0 saturated carbocycles. The molecular weight excluding hydrogens is 629 g/mol. The molecule has 4 rings (SSSR count). The average Bonchev–Trinajstić information content (AvgIpc) is 3.17. The topological polar surface area (TPSA) is 52.0 Å². The van der Waals surface area contributed by atoms with Gasteiger partial charge in [-0.15, -0.1) is 0 Å². The van der Waals surface area contributed by atoms with Crippen LogP contribution in [0.5, 0.6) is 0 Å². The predicted molar refractivity (Wildman–Crippen MR) is 229 cm³/mol. The lowest BCUT2D eigenvalue weighted by Crippen LogP contribution is -2.06. The highest BCUT2D eigenvalue weighted by molar-refractivity contribution is 5.45. The number of nitrogens with two attached hydrogens (primary N) is 2. The van der Waals surface area contributed by atoms with Crippen molar-refractivity contribution in [2.75, 3.05) is 11.5 Å². The summed E-state index contributed by atoms with van der Waals surface area (Å²) in [6.07, 6.45) is 26.3. The number of hydrogen-bond acceptors (Lipinski definition) is 2. The zero-order valence-corrected chi connectivity index (χ0v) is 33.3. The van der Waals surface area contributed by atoms with Gasteiger partial charge in [-0.2, -0.15) is 0 Å². The van der Waals surface area contributed by atoms with Gasteiger partial charge in [-0.25, -0.2) is 0 Å². The Balaban J connectivity index is 1.45. The number of nitrogen functional groups attached to an aromatic ring is 2. The molecule has 0 bridgehead atoms. The van der Waals surface area contributed by atoms with Crippen molar-refractivity contribution in [3.63, 3.8) is 0 Å². The van der Waals surface area contributed by atoms with Crippen LogP contribution in [0, 0.1) is 0 Å². The third kappa shape index (κ3) is 13.8. The predicted octanol–water partition coefficient (Wildman–Crippen LogP) is 15.1. The molecule has 0 amide bonds. The fourth-order valence-corrected chi connectivity index (χ4v) is 8.21. The lowest BCUT2D eigenvalue weighted by molar-refractivity contribution is 0.551. The Morgan fingerprint density at radius 3 is 0.788 bits per heavy atom. The van der Waals surface area contributed by atoms with Gasteiger partial charge >= 0.3 is 0 Å². The van der Waals surface area contributed by atoms with E-state index in [4.69, 9.17) is 11.5 Å². The summed E-state index contributed by atoms with van der Waals surface area (Å²) in [7, 11) is 0. The van der Waals surface area contributed by atoms with E-state index in [0.29, 0.717) is 17.8 Å². The largest absolute Gasteiger partial charge is 0.399 e. The molecule has 0 aliphatic heterocycles.